The van der Waals surface area contributed by atoms with E-state index in [0.717, 1.165) is 18.5 Å². The molecule has 0 bridgehead atoms. The van der Waals surface area contributed by atoms with Gasteiger partial charge in [0, 0.05) is 24.1 Å². The minimum Gasteiger partial charge on any atom is -0.309 e. The Morgan fingerprint density at radius 3 is 3.14 bits per heavy atom. The third-order valence-corrected chi connectivity index (χ3v) is 1.93. The van der Waals surface area contributed by atoms with Gasteiger partial charge in [-0.25, -0.2) is 0 Å². The first kappa shape index (κ1) is 11.0. The molecule has 0 radical (unpaired) electrons. The van der Waals surface area contributed by atoms with E-state index in [1.54, 1.807) is 0 Å². The van der Waals surface area contributed by atoms with Gasteiger partial charge in [0.05, 0.1) is 0 Å². The number of alkyl halides is 1. The molecule has 78 valence electrons. The maximum atomic E-state index is 11.1. The van der Waals surface area contributed by atoms with E-state index in [2.05, 4.69) is 22.4 Å². The summed E-state index contributed by atoms with van der Waals surface area (Å²) in [4.78, 5) is 11.1. The van der Waals surface area contributed by atoms with Crippen molar-refractivity contribution in [2.75, 3.05) is 11.2 Å². The number of anilines is 1. The van der Waals surface area contributed by atoms with Crippen LogP contribution >= 0.6 is 11.6 Å². The van der Waals surface area contributed by atoms with Crippen LogP contribution in [0.4, 0.5) is 5.82 Å². The molecule has 0 atom stereocenters. The smallest absolute Gasteiger partial charge is 0.226 e. The van der Waals surface area contributed by atoms with E-state index >= 15 is 0 Å². The number of amides is 1. The van der Waals surface area contributed by atoms with Crippen molar-refractivity contribution in [2.24, 2.45) is 0 Å². The lowest BCUT2D eigenvalue weighted by Crippen LogP contribution is -2.11. The summed E-state index contributed by atoms with van der Waals surface area (Å²) in [7, 11) is 0. The maximum Gasteiger partial charge on any atom is 0.226 e. The summed E-state index contributed by atoms with van der Waals surface area (Å²) >= 11 is 5.43. The highest BCUT2D eigenvalue weighted by Gasteiger charge is 2.04. The van der Waals surface area contributed by atoms with Crippen LogP contribution in [0.25, 0.3) is 0 Å². The lowest BCUT2D eigenvalue weighted by Gasteiger charge is -1.97. The average Bonchev–Trinajstić information content (AvgIpc) is 2.53. The molecule has 0 aliphatic carbocycles. The number of carbonyl (C=O) groups excluding carboxylic acids is 1. The molecule has 4 nitrogen and oxygen atoms in total. The third kappa shape index (κ3) is 3.38. The summed E-state index contributed by atoms with van der Waals surface area (Å²) in [6.45, 7) is 2.09. The Bertz CT molecular complexity index is 298. The fraction of sp³-hybridized carbons (Fsp3) is 0.556. The molecule has 14 heavy (non-hydrogen) atoms. The zero-order chi connectivity index (χ0) is 10.4. The molecule has 5 heteroatoms. The number of carbonyl (C=O) groups is 1. The number of nitrogens with one attached hydrogen (secondary N) is 2. The number of rotatable bonds is 5. The molecule has 1 aromatic rings. The van der Waals surface area contributed by atoms with Gasteiger partial charge in [0.1, 0.15) is 0 Å². The van der Waals surface area contributed by atoms with Gasteiger partial charge >= 0.3 is 0 Å². The van der Waals surface area contributed by atoms with E-state index in [1.165, 1.54) is 0 Å². The number of aromatic amines is 1. The highest BCUT2D eigenvalue weighted by molar-refractivity contribution is 6.19. The third-order valence-electron chi connectivity index (χ3n) is 1.74. The van der Waals surface area contributed by atoms with Crippen LogP contribution in [0.2, 0.25) is 0 Å². The quantitative estimate of drug-likeness (QED) is 0.738. The first-order valence-corrected chi connectivity index (χ1v) is 5.19. The van der Waals surface area contributed by atoms with Gasteiger partial charge in [-0.3, -0.25) is 9.89 Å². The first-order valence-electron chi connectivity index (χ1n) is 4.66. The standard InChI is InChI=1S/C9H14ClN3O/c1-2-3-7-6-8(13-12-7)11-9(14)4-5-10/h6H,2-5H2,1H3,(H2,11,12,13,14). The molecule has 1 heterocycles. The number of halogens is 1. The molecule has 2 N–H and O–H groups in total. The summed E-state index contributed by atoms with van der Waals surface area (Å²) in [5.41, 5.74) is 1.04. The molecule has 0 fully saturated rings. The molecule has 1 rings (SSSR count). The Kier molecular flexibility index (Phi) is 4.46. The average molecular weight is 216 g/mol. The van der Waals surface area contributed by atoms with Crippen molar-refractivity contribution in [3.63, 3.8) is 0 Å². The van der Waals surface area contributed by atoms with E-state index in [-0.39, 0.29) is 5.91 Å². The van der Waals surface area contributed by atoms with E-state index in [9.17, 15) is 4.79 Å². The van der Waals surface area contributed by atoms with E-state index in [1.807, 2.05) is 6.07 Å². The monoisotopic (exact) mass is 215 g/mol. The van der Waals surface area contributed by atoms with E-state index in [4.69, 9.17) is 11.6 Å². The van der Waals surface area contributed by atoms with E-state index < -0.39 is 0 Å². The Morgan fingerprint density at radius 1 is 1.71 bits per heavy atom. The summed E-state index contributed by atoms with van der Waals surface area (Å²) in [5, 5.41) is 9.47. The van der Waals surface area contributed by atoms with Gasteiger partial charge in [-0.05, 0) is 6.42 Å². The van der Waals surface area contributed by atoms with Crippen molar-refractivity contribution in [1.29, 1.82) is 0 Å². The molecule has 0 unspecified atom stereocenters. The minimum absolute atomic E-state index is 0.102. The van der Waals surface area contributed by atoms with Gasteiger partial charge in [0.2, 0.25) is 5.91 Å². The van der Waals surface area contributed by atoms with Gasteiger partial charge in [-0.15, -0.1) is 11.6 Å². The molecule has 1 amide bonds. The number of hydrogen-bond donors (Lipinski definition) is 2. The van der Waals surface area contributed by atoms with Crippen LogP contribution in [0.3, 0.4) is 0 Å². The summed E-state index contributed by atoms with van der Waals surface area (Å²) in [6.07, 6.45) is 2.31. The lowest BCUT2D eigenvalue weighted by atomic mass is 10.2. The minimum atomic E-state index is -0.102. The second-order valence-corrected chi connectivity index (χ2v) is 3.39. The van der Waals surface area contributed by atoms with Gasteiger partial charge < -0.3 is 5.32 Å². The highest BCUT2D eigenvalue weighted by Crippen LogP contribution is 2.07. The van der Waals surface area contributed by atoms with Crippen LogP contribution < -0.4 is 5.32 Å². The second kappa shape index (κ2) is 5.65. The van der Waals surface area contributed by atoms with Crippen LogP contribution in [0.15, 0.2) is 6.07 Å². The summed E-state index contributed by atoms with van der Waals surface area (Å²) in [6, 6.07) is 1.84. The maximum absolute atomic E-state index is 11.1. The molecule has 0 aliphatic heterocycles. The van der Waals surface area contributed by atoms with Crippen molar-refractivity contribution in [1.82, 2.24) is 10.2 Å². The van der Waals surface area contributed by atoms with Gasteiger partial charge in [-0.2, -0.15) is 5.10 Å². The van der Waals surface area contributed by atoms with Gasteiger partial charge in [-0.1, -0.05) is 13.3 Å². The van der Waals surface area contributed by atoms with Crippen molar-refractivity contribution >= 4 is 23.3 Å². The summed E-state index contributed by atoms with van der Waals surface area (Å²) < 4.78 is 0. The van der Waals surface area contributed by atoms with Crippen LogP contribution in [-0.2, 0) is 11.2 Å². The van der Waals surface area contributed by atoms with Crippen LogP contribution in [0.5, 0.6) is 0 Å². The SMILES string of the molecule is CCCc1cc(NC(=O)CCCl)n[nH]1. The number of nitrogens with zero attached hydrogens (tertiary/aromatic N) is 1. The molecule has 0 aliphatic rings. The van der Waals surface area contributed by atoms with Crippen molar-refractivity contribution in [3.8, 4) is 0 Å². The van der Waals surface area contributed by atoms with Gasteiger partial charge in [0.15, 0.2) is 5.82 Å². The zero-order valence-electron chi connectivity index (χ0n) is 8.14. The highest BCUT2D eigenvalue weighted by atomic mass is 35.5. The topological polar surface area (TPSA) is 57.8 Å². The molecule has 0 saturated carbocycles. The summed E-state index contributed by atoms with van der Waals surface area (Å²) in [5.74, 6) is 0.802. The molecular formula is C9H14ClN3O. The van der Waals surface area contributed by atoms with E-state index in [0.29, 0.717) is 18.1 Å². The van der Waals surface area contributed by atoms with Crippen LogP contribution in [0.1, 0.15) is 25.5 Å². The fourth-order valence-electron chi connectivity index (χ4n) is 1.11. The normalized spacial score (nSPS) is 10.1. The van der Waals surface area contributed by atoms with Crippen LogP contribution in [0, 0.1) is 0 Å². The Balaban J connectivity index is 2.46. The second-order valence-electron chi connectivity index (χ2n) is 3.02. The van der Waals surface area contributed by atoms with Crippen molar-refractivity contribution < 1.29 is 4.79 Å². The van der Waals surface area contributed by atoms with Crippen molar-refractivity contribution in [2.45, 2.75) is 26.2 Å². The molecule has 0 aromatic carbocycles. The van der Waals surface area contributed by atoms with Gasteiger partial charge in [0.25, 0.3) is 0 Å². The Hall–Kier alpha value is -1.03. The largest absolute Gasteiger partial charge is 0.309 e. The molecule has 0 spiro atoms. The number of H-pyrrole nitrogens is 1. The number of hydrogen-bond acceptors (Lipinski definition) is 2. The van der Waals surface area contributed by atoms with Crippen LogP contribution in [-0.4, -0.2) is 22.0 Å². The predicted octanol–water partition coefficient (Wildman–Crippen LogP) is 1.93. The lowest BCUT2D eigenvalue weighted by molar-refractivity contribution is -0.115. The zero-order valence-corrected chi connectivity index (χ0v) is 8.90. The number of aryl methyl sites for hydroxylation is 1. The molecular weight excluding hydrogens is 202 g/mol. The number of aromatic nitrogens is 2. The fourth-order valence-corrected chi connectivity index (χ4v) is 1.29. The Morgan fingerprint density at radius 2 is 2.50 bits per heavy atom. The first-order chi connectivity index (χ1) is 6.76. The molecule has 0 saturated heterocycles. The Labute approximate surface area is 88.0 Å². The molecule has 1 aromatic heterocycles. The predicted molar refractivity (Wildman–Crippen MR) is 56.5 cm³/mol. The van der Waals surface area contributed by atoms with Crippen molar-refractivity contribution in [3.05, 3.63) is 11.8 Å².